The molecule has 6 nitrogen and oxygen atoms in total. The lowest BCUT2D eigenvalue weighted by molar-refractivity contribution is -0.117. The molecule has 1 aromatic carbocycles. The minimum absolute atomic E-state index is 0.0236. The second-order valence-electron chi connectivity index (χ2n) is 6.73. The molecule has 8 heteroatoms. The Morgan fingerprint density at radius 1 is 1.25 bits per heavy atom. The number of rotatable bonds is 5. The lowest BCUT2D eigenvalue weighted by atomic mass is 10.2. The largest absolute Gasteiger partial charge is 0.325 e. The molecule has 2 amide bonds. The Labute approximate surface area is 171 Å². The summed E-state index contributed by atoms with van der Waals surface area (Å²) in [5, 5.41) is 10.1. The zero-order valence-corrected chi connectivity index (χ0v) is 17.0. The van der Waals surface area contributed by atoms with Crippen LogP contribution in [0.25, 0.3) is 0 Å². The Balaban J connectivity index is 1.35. The normalized spacial score (nSPS) is 13.8. The maximum atomic E-state index is 12.4. The molecule has 1 aliphatic heterocycles. The van der Waals surface area contributed by atoms with Crippen LogP contribution in [0, 0.1) is 6.92 Å². The van der Waals surface area contributed by atoms with E-state index in [1.807, 2.05) is 41.9 Å². The van der Waals surface area contributed by atoms with Gasteiger partial charge in [0.1, 0.15) is 0 Å². The number of carbonyl (C=O) groups excluding carboxylic acids is 2. The number of fused-ring (bicyclic) bond motifs is 1. The molecule has 4 rings (SSSR count). The summed E-state index contributed by atoms with van der Waals surface area (Å²) < 4.78 is 0. The Bertz CT molecular complexity index is 998. The third-order valence-electron chi connectivity index (χ3n) is 4.48. The summed E-state index contributed by atoms with van der Waals surface area (Å²) in [4.78, 5) is 32.3. The van der Waals surface area contributed by atoms with E-state index in [1.54, 1.807) is 6.07 Å². The van der Waals surface area contributed by atoms with E-state index in [4.69, 9.17) is 0 Å². The molecule has 0 aliphatic carbocycles. The summed E-state index contributed by atoms with van der Waals surface area (Å²) in [6.07, 6.45) is 0.776. The van der Waals surface area contributed by atoms with Gasteiger partial charge in [-0.15, -0.1) is 11.3 Å². The lowest BCUT2D eigenvalue weighted by Crippen LogP contribution is -2.36. The molecule has 2 N–H and O–H groups in total. The minimum Gasteiger partial charge on any atom is -0.325 e. The van der Waals surface area contributed by atoms with Gasteiger partial charge in [-0.3, -0.25) is 19.8 Å². The van der Waals surface area contributed by atoms with E-state index < -0.39 is 0 Å². The number of amides is 2. The average Bonchev–Trinajstić information content (AvgIpc) is 3.30. The monoisotopic (exact) mass is 412 g/mol. The molecule has 3 heterocycles. The second-order valence-corrected chi connectivity index (χ2v) is 8.60. The number of carbonyl (C=O) groups is 2. The quantitative estimate of drug-likeness (QED) is 0.669. The van der Waals surface area contributed by atoms with Gasteiger partial charge in [0.25, 0.3) is 5.91 Å². The van der Waals surface area contributed by atoms with Gasteiger partial charge in [-0.2, -0.15) is 11.3 Å². The summed E-state index contributed by atoms with van der Waals surface area (Å²) in [5.74, 6) is -0.161. The predicted molar refractivity (Wildman–Crippen MR) is 113 cm³/mol. The van der Waals surface area contributed by atoms with Crippen molar-refractivity contribution in [2.24, 2.45) is 0 Å². The fraction of sp³-hybridized carbons (Fsp3) is 0.250. The number of thiazole rings is 1. The molecule has 0 unspecified atom stereocenters. The van der Waals surface area contributed by atoms with Gasteiger partial charge in [0.15, 0.2) is 5.13 Å². The standard InChI is InChI=1S/C20H20N4O2S2/c1-13-3-2-4-15(9-13)21-18(25)11-24-7-5-16-17(10-24)28-20(22-16)23-19(26)14-6-8-27-12-14/h2-4,6,8-9,12H,5,7,10-11H2,1H3,(H,21,25)(H,22,23,26). The Morgan fingerprint density at radius 2 is 2.14 bits per heavy atom. The SMILES string of the molecule is Cc1cccc(NC(=O)CN2CCc3nc(NC(=O)c4ccsc4)sc3C2)c1. The fourth-order valence-electron chi connectivity index (χ4n) is 3.13. The molecule has 28 heavy (non-hydrogen) atoms. The summed E-state index contributed by atoms with van der Waals surface area (Å²) in [7, 11) is 0. The molecular weight excluding hydrogens is 392 g/mol. The second kappa shape index (κ2) is 8.22. The first-order valence-electron chi connectivity index (χ1n) is 8.98. The number of nitrogens with one attached hydrogen (secondary N) is 2. The maximum Gasteiger partial charge on any atom is 0.258 e. The van der Waals surface area contributed by atoms with E-state index >= 15 is 0 Å². The number of aryl methyl sites for hydroxylation is 1. The van der Waals surface area contributed by atoms with Crippen molar-refractivity contribution in [3.63, 3.8) is 0 Å². The molecule has 2 aromatic heterocycles. The van der Waals surface area contributed by atoms with Crippen LogP contribution in [0.2, 0.25) is 0 Å². The van der Waals surface area contributed by atoms with Gasteiger partial charge in [-0.05, 0) is 36.1 Å². The molecule has 3 aromatic rings. The highest BCUT2D eigenvalue weighted by Crippen LogP contribution is 2.28. The summed E-state index contributed by atoms with van der Waals surface area (Å²) >= 11 is 2.98. The van der Waals surface area contributed by atoms with Crippen molar-refractivity contribution in [2.75, 3.05) is 23.7 Å². The van der Waals surface area contributed by atoms with Gasteiger partial charge >= 0.3 is 0 Å². The molecule has 0 atom stereocenters. The van der Waals surface area contributed by atoms with Crippen LogP contribution in [0.4, 0.5) is 10.8 Å². The first kappa shape index (κ1) is 18.8. The van der Waals surface area contributed by atoms with Crippen molar-refractivity contribution in [1.29, 1.82) is 0 Å². The number of benzene rings is 1. The topological polar surface area (TPSA) is 74.3 Å². The third-order valence-corrected chi connectivity index (χ3v) is 6.16. The number of hydrogen-bond acceptors (Lipinski definition) is 6. The molecule has 0 radical (unpaired) electrons. The van der Waals surface area contributed by atoms with Crippen molar-refractivity contribution >= 4 is 45.3 Å². The molecule has 0 fully saturated rings. The van der Waals surface area contributed by atoms with Gasteiger partial charge in [0.2, 0.25) is 5.91 Å². The molecule has 0 saturated heterocycles. The van der Waals surface area contributed by atoms with Crippen LogP contribution >= 0.6 is 22.7 Å². The third kappa shape index (κ3) is 4.46. The van der Waals surface area contributed by atoms with Crippen LogP contribution in [0.5, 0.6) is 0 Å². The summed E-state index contributed by atoms with van der Waals surface area (Å²) in [5.41, 5.74) is 3.59. The van der Waals surface area contributed by atoms with Gasteiger partial charge in [-0.1, -0.05) is 12.1 Å². The lowest BCUT2D eigenvalue weighted by Gasteiger charge is -2.25. The van der Waals surface area contributed by atoms with E-state index in [-0.39, 0.29) is 11.8 Å². The first-order chi connectivity index (χ1) is 13.6. The van der Waals surface area contributed by atoms with Gasteiger partial charge in [0.05, 0.1) is 17.8 Å². The highest BCUT2D eigenvalue weighted by Gasteiger charge is 2.23. The smallest absolute Gasteiger partial charge is 0.258 e. The molecule has 0 spiro atoms. The van der Waals surface area contributed by atoms with E-state index in [0.717, 1.165) is 34.8 Å². The highest BCUT2D eigenvalue weighted by molar-refractivity contribution is 7.16. The van der Waals surface area contributed by atoms with Gasteiger partial charge in [-0.25, -0.2) is 4.98 Å². The molecule has 0 saturated carbocycles. The Morgan fingerprint density at radius 3 is 2.93 bits per heavy atom. The van der Waals surface area contributed by atoms with Crippen molar-refractivity contribution in [1.82, 2.24) is 9.88 Å². The maximum absolute atomic E-state index is 12.4. The zero-order chi connectivity index (χ0) is 19.5. The van der Waals surface area contributed by atoms with Gasteiger partial charge < -0.3 is 5.32 Å². The van der Waals surface area contributed by atoms with Crippen LogP contribution in [-0.2, 0) is 17.8 Å². The van der Waals surface area contributed by atoms with E-state index in [1.165, 1.54) is 22.7 Å². The number of anilines is 2. The average molecular weight is 413 g/mol. The van der Waals surface area contributed by atoms with Crippen molar-refractivity contribution in [2.45, 2.75) is 19.9 Å². The minimum atomic E-state index is -0.137. The molecule has 144 valence electrons. The summed E-state index contributed by atoms with van der Waals surface area (Å²) in [6, 6.07) is 9.58. The highest BCUT2D eigenvalue weighted by atomic mass is 32.1. The molecule has 0 bridgehead atoms. The molecule has 1 aliphatic rings. The van der Waals surface area contributed by atoms with E-state index in [9.17, 15) is 9.59 Å². The van der Waals surface area contributed by atoms with E-state index in [2.05, 4.69) is 20.5 Å². The van der Waals surface area contributed by atoms with Crippen LogP contribution in [0.3, 0.4) is 0 Å². The molecular formula is C20H20N4O2S2. The van der Waals surface area contributed by atoms with Crippen molar-refractivity contribution < 1.29 is 9.59 Å². The van der Waals surface area contributed by atoms with Crippen LogP contribution in [0.1, 0.15) is 26.5 Å². The number of aromatic nitrogens is 1. The predicted octanol–water partition coefficient (Wildman–Crippen LogP) is 3.76. The number of hydrogen-bond donors (Lipinski definition) is 2. The number of nitrogens with zero attached hydrogens (tertiary/aromatic N) is 2. The van der Waals surface area contributed by atoms with Crippen LogP contribution in [-0.4, -0.2) is 34.8 Å². The van der Waals surface area contributed by atoms with Gasteiger partial charge in [0, 0.05) is 35.5 Å². The Kier molecular flexibility index (Phi) is 5.52. The first-order valence-corrected chi connectivity index (χ1v) is 10.7. The van der Waals surface area contributed by atoms with E-state index in [0.29, 0.717) is 23.8 Å². The number of thiophene rings is 1. The Hall–Kier alpha value is -2.55. The van der Waals surface area contributed by atoms with Crippen molar-refractivity contribution in [3.05, 3.63) is 62.8 Å². The van der Waals surface area contributed by atoms with Crippen LogP contribution in [0.15, 0.2) is 41.1 Å². The van der Waals surface area contributed by atoms with Crippen LogP contribution < -0.4 is 10.6 Å². The van der Waals surface area contributed by atoms with Crippen molar-refractivity contribution in [3.8, 4) is 0 Å². The fourth-order valence-corrected chi connectivity index (χ4v) is 4.81. The summed E-state index contributed by atoms with van der Waals surface area (Å²) in [6.45, 7) is 3.78. The zero-order valence-electron chi connectivity index (χ0n) is 15.4.